The largest absolute Gasteiger partial charge is 0.387 e. The summed E-state index contributed by atoms with van der Waals surface area (Å²) in [5.41, 5.74) is 4.92. The highest BCUT2D eigenvalue weighted by atomic mass is 19.1. The molecule has 0 heterocycles. The molecule has 0 bridgehead atoms. The summed E-state index contributed by atoms with van der Waals surface area (Å²) in [5.74, 6) is -1.57. The Morgan fingerprint density at radius 3 is 2.79 bits per heavy atom. The van der Waals surface area contributed by atoms with Gasteiger partial charge in [-0.25, -0.2) is 8.78 Å². The lowest BCUT2D eigenvalue weighted by Gasteiger charge is -2.13. The average Bonchev–Trinajstić information content (AvgIpc) is 2.36. The number of unbranched alkanes of at least 4 members (excludes halogenated alkanes) is 1. The van der Waals surface area contributed by atoms with Crippen molar-refractivity contribution in [2.45, 2.75) is 25.4 Å². The van der Waals surface area contributed by atoms with Crippen LogP contribution in [0.2, 0.25) is 0 Å². The summed E-state index contributed by atoms with van der Waals surface area (Å²) in [6, 6.07) is 2.97. The van der Waals surface area contributed by atoms with E-state index in [4.69, 9.17) is 5.73 Å². The minimum absolute atomic E-state index is 0.0652. The number of nitrogens with one attached hydrogen (secondary N) is 1. The van der Waals surface area contributed by atoms with Crippen molar-refractivity contribution >= 4 is 5.91 Å². The number of hydrogen-bond donors (Lipinski definition) is 3. The zero-order valence-electron chi connectivity index (χ0n) is 10.5. The topological polar surface area (TPSA) is 75.4 Å². The molecule has 0 spiro atoms. The van der Waals surface area contributed by atoms with Crippen LogP contribution < -0.4 is 11.1 Å². The maximum absolute atomic E-state index is 13.3. The molecule has 0 aliphatic rings. The van der Waals surface area contributed by atoms with Crippen molar-refractivity contribution in [3.05, 3.63) is 35.4 Å². The van der Waals surface area contributed by atoms with E-state index in [1.54, 1.807) is 0 Å². The Hall–Kier alpha value is -1.53. The van der Waals surface area contributed by atoms with E-state index in [0.29, 0.717) is 19.4 Å². The van der Waals surface area contributed by atoms with Crippen molar-refractivity contribution in [3.8, 4) is 0 Å². The number of benzene rings is 1. The average molecular weight is 272 g/mol. The molecule has 106 valence electrons. The lowest BCUT2D eigenvalue weighted by atomic mass is 10.1. The molecule has 0 saturated carbocycles. The highest BCUT2D eigenvalue weighted by Crippen LogP contribution is 2.17. The summed E-state index contributed by atoms with van der Waals surface area (Å²) >= 11 is 0. The minimum atomic E-state index is -1.10. The molecule has 1 unspecified atom stereocenters. The van der Waals surface area contributed by atoms with Crippen LogP contribution in [0.5, 0.6) is 0 Å². The van der Waals surface area contributed by atoms with Crippen molar-refractivity contribution in [3.63, 3.8) is 0 Å². The maximum atomic E-state index is 13.3. The third-order valence-electron chi connectivity index (χ3n) is 2.68. The zero-order chi connectivity index (χ0) is 14.3. The van der Waals surface area contributed by atoms with Gasteiger partial charge >= 0.3 is 0 Å². The van der Waals surface area contributed by atoms with Gasteiger partial charge in [0.1, 0.15) is 11.6 Å². The first-order valence-electron chi connectivity index (χ1n) is 6.12. The van der Waals surface area contributed by atoms with Crippen LogP contribution in [-0.2, 0) is 4.79 Å². The molecule has 1 aromatic carbocycles. The third-order valence-corrected chi connectivity index (χ3v) is 2.68. The fourth-order valence-electron chi connectivity index (χ4n) is 1.67. The van der Waals surface area contributed by atoms with Gasteiger partial charge in [0.05, 0.1) is 6.10 Å². The molecule has 4 nitrogen and oxygen atoms in total. The number of halogens is 2. The van der Waals surface area contributed by atoms with E-state index in [-0.39, 0.29) is 18.0 Å². The van der Waals surface area contributed by atoms with E-state index in [9.17, 15) is 18.7 Å². The number of rotatable bonds is 8. The molecule has 1 rings (SSSR count). The van der Waals surface area contributed by atoms with Crippen LogP contribution in [0.4, 0.5) is 8.78 Å². The van der Waals surface area contributed by atoms with Gasteiger partial charge in [-0.2, -0.15) is 0 Å². The number of hydrogen-bond acceptors (Lipinski definition) is 3. The fourth-order valence-corrected chi connectivity index (χ4v) is 1.67. The van der Waals surface area contributed by atoms with E-state index in [1.165, 1.54) is 0 Å². The van der Waals surface area contributed by atoms with Crippen molar-refractivity contribution in [2.24, 2.45) is 5.73 Å². The van der Waals surface area contributed by atoms with E-state index in [1.807, 2.05) is 0 Å². The van der Waals surface area contributed by atoms with E-state index >= 15 is 0 Å². The second-order valence-corrected chi connectivity index (χ2v) is 4.31. The van der Waals surface area contributed by atoms with Crippen LogP contribution in [0.1, 0.15) is 30.9 Å². The maximum Gasteiger partial charge on any atom is 0.217 e. The summed E-state index contributed by atoms with van der Waals surface area (Å²) < 4.78 is 26.3. The number of primary amides is 1. The summed E-state index contributed by atoms with van der Waals surface area (Å²) in [7, 11) is 0. The van der Waals surface area contributed by atoms with Gasteiger partial charge in [-0.1, -0.05) is 0 Å². The van der Waals surface area contributed by atoms with Crippen LogP contribution in [0, 0.1) is 11.6 Å². The molecule has 19 heavy (non-hydrogen) atoms. The van der Waals surface area contributed by atoms with Crippen molar-refractivity contribution in [2.75, 3.05) is 13.1 Å². The van der Waals surface area contributed by atoms with Gasteiger partial charge in [-0.3, -0.25) is 4.79 Å². The zero-order valence-corrected chi connectivity index (χ0v) is 10.5. The van der Waals surface area contributed by atoms with Gasteiger partial charge < -0.3 is 16.2 Å². The summed E-state index contributed by atoms with van der Waals surface area (Å²) in [6.07, 6.45) is 0.600. The van der Waals surface area contributed by atoms with Crippen LogP contribution in [0.3, 0.4) is 0 Å². The predicted octanol–water partition coefficient (Wildman–Crippen LogP) is 1.24. The second kappa shape index (κ2) is 7.81. The van der Waals surface area contributed by atoms with E-state index in [0.717, 1.165) is 24.6 Å². The molecule has 0 aromatic heterocycles. The number of amides is 1. The molecule has 1 atom stereocenters. The first-order valence-corrected chi connectivity index (χ1v) is 6.12. The molecule has 0 radical (unpaired) electrons. The molecule has 0 aliphatic carbocycles. The second-order valence-electron chi connectivity index (χ2n) is 4.31. The molecular formula is C13H18F2N2O2. The van der Waals surface area contributed by atoms with Crippen LogP contribution in [-0.4, -0.2) is 24.1 Å². The third kappa shape index (κ3) is 5.76. The number of carbonyl (C=O) groups excluding carboxylic acids is 1. The van der Waals surface area contributed by atoms with Gasteiger partial charge in [0.15, 0.2) is 0 Å². The fraction of sp³-hybridized carbons (Fsp3) is 0.462. The summed E-state index contributed by atoms with van der Waals surface area (Å²) in [6.45, 7) is 0.693. The number of carbonyl (C=O) groups is 1. The van der Waals surface area contributed by atoms with E-state index < -0.39 is 17.7 Å². The highest BCUT2D eigenvalue weighted by Gasteiger charge is 2.13. The van der Waals surface area contributed by atoms with Crippen molar-refractivity contribution in [1.82, 2.24) is 5.32 Å². The SMILES string of the molecule is NC(=O)CCCCNCC(O)c1cc(F)ccc1F. The number of nitrogens with two attached hydrogens (primary N) is 1. The predicted molar refractivity (Wildman–Crippen MR) is 67.2 cm³/mol. The molecule has 1 amide bonds. The van der Waals surface area contributed by atoms with Gasteiger partial charge in [0.25, 0.3) is 0 Å². The molecule has 6 heteroatoms. The Morgan fingerprint density at radius 2 is 2.11 bits per heavy atom. The Balaban J connectivity index is 2.29. The Labute approximate surface area is 110 Å². The lowest BCUT2D eigenvalue weighted by molar-refractivity contribution is -0.118. The smallest absolute Gasteiger partial charge is 0.217 e. The standard InChI is InChI=1S/C13H18F2N2O2/c14-9-4-5-11(15)10(7-9)12(18)8-17-6-2-1-3-13(16)19/h4-5,7,12,17-18H,1-3,6,8H2,(H2,16,19). The molecule has 0 aliphatic heterocycles. The monoisotopic (exact) mass is 272 g/mol. The summed E-state index contributed by atoms with van der Waals surface area (Å²) in [4.78, 5) is 10.5. The lowest BCUT2D eigenvalue weighted by Crippen LogP contribution is -2.23. The first-order chi connectivity index (χ1) is 9.00. The summed E-state index contributed by atoms with van der Waals surface area (Å²) in [5, 5.41) is 12.6. The molecule has 0 saturated heterocycles. The van der Waals surface area contributed by atoms with Crippen LogP contribution in [0.15, 0.2) is 18.2 Å². The molecule has 4 N–H and O–H groups in total. The highest BCUT2D eigenvalue weighted by molar-refractivity contribution is 5.73. The van der Waals surface area contributed by atoms with Crippen molar-refractivity contribution in [1.29, 1.82) is 0 Å². The molecule has 1 aromatic rings. The van der Waals surface area contributed by atoms with Crippen LogP contribution >= 0.6 is 0 Å². The van der Waals surface area contributed by atoms with E-state index in [2.05, 4.69) is 5.32 Å². The van der Waals surface area contributed by atoms with Gasteiger partial charge in [-0.15, -0.1) is 0 Å². The quantitative estimate of drug-likeness (QED) is 0.623. The number of aliphatic hydroxyl groups excluding tert-OH is 1. The Morgan fingerprint density at radius 1 is 1.37 bits per heavy atom. The first kappa shape index (κ1) is 15.5. The van der Waals surface area contributed by atoms with Gasteiger partial charge in [0, 0.05) is 18.5 Å². The Kier molecular flexibility index (Phi) is 6.38. The molecule has 0 fully saturated rings. The number of aliphatic hydroxyl groups is 1. The van der Waals surface area contributed by atoms with Crippen LogP contribution in [0.25, 0.3) is 0 Å². The minimum Gasteiger partial charge on any atom is -0.387 e. The van der Waals surface area contributed by atoms with Gasteiger partial charge in [0.2, 0.25) is 5.91 Å². The Bertz CT molecular complexity index is 427. The van der Waals surface area contributed by atoms with Crippen molar-refractivity contribution < 1.29 is 18.7 Å². The van der Waals surface area contributed by atoms with Gasteiger partial charge in [-0.05, 0) is 37.6 Å². The molecular weight excluding hydrogens is 254 g/mol. The normalized spacial score (nSPS) is 12.4.